The minimum Gasteiger partial charge on any atom is -0.475 e. The van der Waals surface area contributed by atoms with Crippen LogP contribution in [0, 0.1) is 11.8 Å². The SMILES string of the molecule is CCN1CC[C@H]2C[C@H](C(=O)NCC3CCOCC3)O[C@@H]2C1.O=C(O)C(F)(F)F. The van der Waals surface area contributed by atoms with Gasteiger partial charge >= 0.3 is 12.1 Å². The van der Waals surface area contributed by atoms with Gasteiger partial charge in [-0.1, -0.05) is 6.92 Å². The number of likely N-dealkylation sites (tertiary alicyclic amines) is 1. The summed E-state index contributed by atoms with van der Waals surface area (Å²) in [6.07, 6.45) is -0.857. The lowest BCUT2D eigenvalue weighted by molar-refractivity contribution is -0.192. The molecule has 0 aromatic rings. The molecule has 3 atom stereocenters. The molecule has 1 amide bonds. The largest absolute Gasteiger partial charge is 0.490 e. The summed E-state index contributed by atoms with van der Waals surface area (Å²) < 4.78 is 43.1. The van der Waals surface area contributed by atoms with Crippen LogP contribution < -0.4 is 5.32 Å². The molecule has 0 saturated carbocycles. The fourth-order valence-electron chi connectivity index (χ4n) is 3.76. The van der Waals surface area contributed by atoms with Gasteiger partial charge in [-0.15, -0.1) is 0 Å². The zero-order valence-electron chi connectivity index (χ0n) is 16.0. The first-order valence-electron chi connectivity index (χ1n) is 9.74. The number of aliphatic carboxylic acids is 1. The number of ether oxygens (including phenoxy) is 2. The highest BCUT2D eigenvalue weighted by Gasteiger charge is 2.41. The number of halogens is 3. The molecule has 3 rings (SSSR count). The summed E-state index contributed by atoms with van der Waals surface area (Å²) in [6, 6.07) is 0. The van der Waals surface area contributed by atoms with Crippen molar-refractivity contribution in [1.82, 2.24) is 10.2 Å². The standard InChI is InChI=1S/C16H28N2O3.C2HF3O2/c1-2-18-6-3-13-9-14(21-15(13)11-18)16(19)17-10-12-4-7-20-8-5-12;3-2(4,5)1(6)7/h12-15H,2-11H2,1H3,(H,17,19);(H,6,7)/t13-,14+,15+;/m0./s1. The van der Waals surface area contributed by atoms with Crippen molar-refractivity contribution in [3.63, 3.8) is 0 Å². The van der Waals surface area contributed by atoms with Crippen LogP contribution in [0.5, 0.6) is 0 Å². The number of hydrogen-bond acceptors (Lipinski definition) is 5. The summed E-state index contributed by atoms with van der Waals surface area (Å²) >= 11 is 0. The molecule has 0 radical (unpaired) electrons. The van der Waals surface area contributed by atoms with E-state index in [2.05, 4.69) is 17.1 Å². The number of amides is 1. The number of carboxylic acids is 1. The first-order chi connectivity index (χ1) is 13.2. The molecule has 28 heavy (non-hydrogen) atoms. The van der Waals surface area contributed by atoms with E-state index in [1.54, 1.807) is 0 Å². The van der Waals surface area contributed by atoms with Crippen LogP contribution in [0.15, 0.2) is 0 Å². The van der Waals surface area contributed by atoms with Gasteiger partial charge in [-0.05, 0) is 50.6 Å². The number of carbonyl (C=O) groups is 2. The molecule has 0 aliphatic carbocycles. The highest BCUT2D eigenvalue weighted by molar-refractivity contribution is 5.81. The van der Waals surface area contributed by atoms with Gasteiger partial charge in [-0.2, -0.15) is 13.2 Å². The molecule has 7 nitrogen and oxygen atoms in total. The summed E-state index contributed by atoms with van der Waals surface area (Å²) in [5.74, 6) is -1.51. The maximum absolute atomic E-state index is 12.3. The predicted octanol–water partition coefficient (Wildman–Crippen LogP) is 1.66. The Kier molecular flexibility index (Phi) is 8.51. The quantitative estimate of drug-likeness (QED) is 0.733. The number of piperidine rings is 1. The van der Waals surface area contributed by atoms with Crippen LogP contribution in [0.25, 0.3) is 0 Å². The van der Waals surface area contributed by atoms with Gasteiger partial charge in [0.1, 0.15) is 6.10 Å². The minimum atomic E-state index is -5.08. The normalized spacial score (nSPS) is 28.8. The number of carbonyl (C=O) groups excluding carboxylic acids is 1. The van der Waals surface area contributed by atoms with Crippen LogP contribution in [-0.4, -0.2) is 79.7 Å². The number of nitrogens with one attached hydrogen (secondary N) is 1. The van der Waals surface area contributed by atoms with E-state index in [-0.39, 0.29) is 18.1 Å². The van der Waals surface area contributed by atoms with Crippen LogP contribution in [-0.2, 0) is 19.1 Å². The molecule has 0 aromatic carbocycles. The van der Waals surface area contributed by atoms with Gasteiger partial charge in [0.15, 0.2) is 0 Å². The van der Waals surface area contributed by atoms with Crippen molar-refractivity contribution in [2.45, 2.75) is 51.0 Å². The highest BCUT2D eigenvalue weighted by Crippen LogP contribution is 2.33. The van der Waals surface area contributed by atoms with Gasteiger partial charge in [0.25, 0.3) is 0 Å². The summed E-state index contributed by atoms with van der Waals surface area (Å²) in [4.78, 5) is 23.6. The van der Waals surface area contributed by atoms with Crippen molar-refractivity contribution < 1.29 is 37.3 Å². The number of fused-ring (bicyclic) bond motifs is 1. The molecule has 3 fully saturated rings. The van der Waals surface area contributed by atoms with Gasteiger partial charge in [-0.25, -0.2) is 4.79 Å². The Morgan fingerprint density at radius 3 is 2.43 bits per heavy atom. The fourth-order valence-corrected chi connectivity index (χ4v) is 3.76. The van der Waals surface area contributed by atoms with Crippen molar-refractivity contribution in [3.05, 3.63) is 0 Å². The maximum atomic E-state index is 12.3. The zero-order chi connectivity index (χ0) is 20.7. The van der Waals surface area contributed by atoms with Gasteiger partial charge in [0.05, 0.1) is 6.10 Å². The molecule has 3 aliphatic rings. The number of nitrogens with zero attached hydrogens (tertiary/aromatic N) is 1. The number of hydrogen-bond donors (Lipinski definition) is 2. The van der Waals surface area contributed by atoms with E-state index in [0.29, 0.717) is 11.8 Å². The number of likely N-dealkylation sites (N-methyl/N-ethyl adjacent to an activating group) is 1. The van der Waals surface area contributed by atoms with E-state index in [9.17, 15) is 18.0 Å². The fraction of sp³-hybridized carbons (Fsp3) is 0.889. The topological polar surface area (TPSA) is 88.1 Å². The molecule has 0 spiro atoms. The number of alkyl halides is 3. The zero-order valence-corrected chi connectivity index (χ0v) is 16.0. The Bertz CT molecular complexity index is 526. The second kappa shape index (κ2) is 10.4. The molecular formula is C18H29F3N2O5. The molecule has 2 N–H and O–H groups in total. The lowest BCUT2D eigenvalue weighted by Gasteiger charge is -2.33. The van der Waals surface area contributed by atoms with Gasteiger partial charge < -0.3 is 24.8 Å². The van der Waals surface area contributed by atoms with E-state index in [0.717, 1.165) is 58.7 Å². The molecule has 10 heteroatoms. The van der Waals surface area contributed by atoms with E-state index in [4.69, 9.17) is 19.4 Å². The minimum absolute atomic E-state index is 0.0962. The van der Waals surface area contributed by atoms with E-state index < -0.39 is 12.1 Å². The second-order valence-electron chi connectivity index (χ2n) is 7.44. The Morgan fingerprint density at radius 2 is 1.86 bits per heavy atom. The summed E-state index contributed by atoms with van der Waals surface area (Å²) in [6.45, 7) is 7.84. The molecule has 0 bridgehead atoms. The van der Waals surface area contributed by atoms with Crippen molar-refractivity contribution in [2.24, 2.45) is 11.8 Å². The molecule has 0 unspecified atom stereocenters. The Balaban J connectivity index is 0.000000345. The Morgan fingerprint density at radius 1 is 1.21 bits per heavy atom. The van der Waals surface area contributed by atoms with Crippen LogP contribution >= 0.6 is 0 Å². The first-order valence-corrected chi connectivity index (χ1v) is 9.74. The van der Waals surface area contributed by atoms with Gasteiger partial charge in [-0.3, -0.25) is 4.79 Å². The maximum Gasteiger partial charge on any atom is 0.490 e. The average molecular weight is 410 g/mol. The van der Waals surface area contributed by atoms with Crippen molar-refractivity contribution in [1.29, 1.82) is 0 Å². The van der Waals surface area contributed by atoms with Crippen molar-refractivity contribution >= 4 is 11.9 Å². The van der Waals surface area contributed by atoms with Crippen molar-refractivity contribution in [2.75, 3.05) is 39.4 Å². The number of rotatable bonds is 4. The number of carboxylic acid groups (broad SMARTS) is 1. The molecule has 3 aliphatic heterocycles. The van der Waals surface area contributed by atoms with Gasteiger partial charge in [0.2, 0.25) is 5.91 Å². The predicted molar refractivity (Wildman–Crippen MR) is 93.7 cm³/mol. The van der Waals surface area contributed by atoms with E-state index in [1.807, 2.05) is 0 Å². The lowest BCUT2D eigenvalue weighted by Crippen LogP contribution is -2.42. The smallest absolute Gasteiger partial charge is 0.475 e. The Labute approximate surface area is 162 Å². The summed E-state index contributed by atoms with van der Waals surface area (Å²) in [7, 11) is 0. The molecule has 0 aromatic heterocycles. The monoisotopic (exact) mass is 410 g/mol. The Hall–Kier alpha value is -1.39. The molecule has 162 valence electrons. The van der Waals surface area contributed by atoms with Crippen LogP contribution in [0.1, 0.15) is 32.6 Å². The first kappa shape index (κ1) is 22.9. The van der Waals surface area contributed by atoms with E-state index in [1.165, 1.54) is 6.42 Å². The average Bonchev–Trinajstić information content (AvgIpc) is 3.10. The molecule has 3 heterocycles. The van der Waals surface area contributed by atoms with Gasteiger partial charge in [0, 0.05) is 26.3 Å². The van der Waals surface area contributed by atoms with E-state index >= 15 is 0 Å². The third kappa shape index (κ3) is 6.89. The van der Waals surface area contributed by atoms with Crippen molar-refractivity contribution in [3.8, 4) is 0 Å². The molecule has 3 saturated heterocycles. The van der Waals surface area contributed by atoms with Crippen LogP contribution in [0.2, 0.25) is 0 Å². The lowest BCUT2D eigenvalue weighted by atomic mass is 9.91. The second-order valence-corrected chi connectivity index (χ2v) is 7.44. The summed E-state index contributed by atoms with van der Waals surface area (Å²) in [5.41, 5.74) is 0. The third-order valence-electron chi connectivity index (χ3n) is 5.52. The highest BCUT2D eigenvalue weighted by atomic mass is 19.4. The molecular weight excluding hydrogens is 381 g/mol. The van der Waals surface area contributed by atoms with Crippen LogP contribution in [0.3, 0.4) is 0 Å². The summed E-state index contributed by atoms with van der Waals surface area (Å²) in [5, 5.41) is 10.2. The van der Waals surface area contributed by atoms with Crippen LogP contribution in [0.4, 0.5) is 13.2 Å². The third-order valence-corrected chi connectivity index (χ3v) is 5.52.